The van der Waals surface area contributed by atoms with Crippen molar-refractivity contribution in [3.8, 4) is 17.6 Å². The quantitative estimate of drug-likeness (QED) is 0.0244. The summed E-state index contributed by atoms with van der Waals surface area (Å²) >= 11 is 0. The number of hydrogen-bond acceptors (Lipinski definition) is 15. The number of hydrogen-bond donors (Lipinski definition) is 2. The number of methoxy groups -OCH3 is 2. The number of nitrogens with zero attached hydrogens (tertiary/aromatic N) is 9. The third-order valence-electron chi connectivity index (χ3n) is 11.3. The number of fused-ring (bicyclic) bond motifs is 3. The molecule has 0 unspecified atom stereocenters. The molecule has 356 valence electrons. The maximum atomic E-state index is 9.62. The summed E-state index contributed by atoms with van der Waals surface area (Å²) in [6, 6.07) is 27.8. The zero-order valence-electron chi connectivity index (χ0n) is 40.2. The summed E-state index contributed by atoms with van der Waals surface area (Å²) in [5.74, 6) is 2.71. The number of nitriles is 1. The third-order valence-corrected chi connectivity index (χ3v) is 14.0. The van der Waals surface area contributed by atoms with E-state index in [0.717, 1.165) is 22.5 Å². The average molecular weight is 937 g/mol. The highest BCUT2D eigenvalue weighted by molar-refractivity contribution is 7.62. The van der Waals surface area contributed by atoms with Gasteiger partial charge in [0.25, 0.3) is 5.95 Å². The van der Waals surface area contributed by atoms with Gasteiger partial charge in [0.2, 0.25) is 0 Å². The molecule has 0 radical (unpaired) electrons. The third kappa shape index (κ3) is 10.6. The Morgan fingerprint density at radius 2 is 1.55 bits per heavy atom. The van der Waals surface area contributed by atoms with Crippen LogP contribution in [0.2, 0.25) is 0 Å². The van der Waals surface area contributed by atoms with Crippen molar-refractivity contribution in [2.45, 2.75) is 82.8 Å². The molecule has 19 heteroatoms. The molecule has 4 heterocycles. The van der Waals surface area contributed by atoms with Gasteiger partial charge in [-0.15, -0.1) is 10.2 Å². The monoisotopic (exact) mass is 936 g/mol. The lowest BCUT2D eigenvalue weighted by molar-refractivity contribution is -0.204. The van der Waals surface area contributed by atoms with Crippen molar-refractivity contribution in [1.82, 2.24) is 39.7 Å². The molecule has 0 saturated carbocycles. The molecule has 2 fully saturated rings. The van der Waals surface area contributed by atoms with Crippen LogP contribution in [0.25, 0.3) is 11.0 Å². The zero-order valence-corrected chi connectivity index (χ0v) is 41.1. The second kappa shape index (κ2) is 21.1. The Morgan fingerprint density at radius 3 is 2.10 bits per heavy atom. The van der Waals surface area contributed by atoms with Crippen molar-refractivity contribution in [1.29, 1.82) is 5.26 Å². The number of aliphatic imine (C=N–C) groups is 2. The summed E-state index contributed by atoms with van der Waals surface area (Å²) in [7, 11) is 7.63. The predicted octanol–water partition coefficient (Wildman–Crippen LogP) is 7.34. The van der Waals surface area contributed by atoms with Gasteiger partial charge >= 0.3 is 8.02 Å². The lowest BCUT2D eigenvalue weighted by Crippen LogP contribution is -2.51. The van der Waals surface area contributed by atoms with Crippen LogP contribution in [0.5, 0.6) is 11.5 Å². The Balaban J connectivity index is 1.42. The first-order valence-corrected chi connectivity index (χ1v) is 23.9. The van der Waals surface area contributed by atoms with Gasteiger partial charge in [0, 0.05) is 40.3 Å². The lowest BCUT2D eigenvalue weighted by Gasteiger charge is -2.40. The van der Waals surface area contributed by atoms with E-state index in [0.29, 0.717) is 28.4 Å². The van der Waals surface area contributed by atoms with E-state index in [1.807, 2.05) is 134 Å². The summed E-state index contributed by atoms with van der Waals surface area (Å²) in [6.45, 7) is 10.2. The van der Waals surface area contributed by atoms with Crippen LogP contribution in [0.4, 0.5) is 11.8 Å². The molecule has 2 aromatic heterocycles. The smallest absolute Gasteiger partial charge is 0.432 e. The van der Waals surface area contributed by atoms with E-state index < -0.39 is 37.7 Å². The highest BCUT2D eigenvalue weighted by Crippen LogP contribution is 2.61. The van der Waals surface area contributed by atoms with Crippen molar-refractivity contribution in [2.24, 2.45) is 9.98 Å². The van der Waals surface area contributed by atoms with E-state index in [2.05, 4.69) is 33.4 Å². The van der Waals surface area contributed by atoms with E-state index in [4.69, 9.17) is 52.8 Å². The van der Waals surface area contributed by atoms with E-state index >= 15 is 0 Å². The molecule has 5 aromatic rings. The number of nitrogens with one attached hydrogen (secondary N) is 2. The average Bonchev–Trinajstić information content (AvgIpc) is 3.98. The van der Waals surface area contributed by atoms with Crippen LogP contribution in [0.15, 0.2) is 95.0 Å². The van der Waals surface area contributed by atoms with Crippen LogP contribution in [-0.4, -0.2) is 134 Å². The molecular weight excluding hydrogens is 874 g/mol. The molecule has 2 bridgehead atoms. The molecule has 0 amide bonds. The van der Waals surface area contributed by atoms with Crippen molar-refractivity contribution in [3.05, 3.63) is 102 Å². The molecule has 7 rings (SSSR count). The molecule has 2 aliphatic heterocycles. The van der Waals surface area contributed by atoms with Crippen LogP contribution in [0, 0.1) is 11.3 Å². The van der Waals surface area contributed by atoms with Crippen LogP contribution in [-0.2, 0) is 28.9 Å². The fourth-order valence-corrected chi connectivity index (χ4v) is 10.8. The molecule has 0 aliphatic carbocycles. The SMILES string of the molecule is COc1ccc(C(OC[C@@]23CO[C@@H]([C@H](n4ncc5c(/N=C(\C)N(C)C)nc(/N=C/N(C)C)nc54)O2)[C@@H]3O[P+](NC(C)C)(NC(C)C)OCCC#N)(c2ccccc2)c2ccc(OC)cc2)cc1. The van der Waals surface area contributed by atoms with Crippen molar-refractivity contribution in [3.63, 3.8) is 0 Å². The minimum Gasteiger partial charge on any atom is -0.497 e. The fourth-order valence-electron chi connectivity index (χ4n) is 8.07. The van der Waals surface area contributed by atoms with E-state index in [1.165, 1.54) is 0 Å². The summed E-state index contributed by atoms with van der Waals surface area (Å²) in [6.07, 6.45) is 0.987. The predicted molar refractivity (Wildman–Crippen MR) is 259 cm³/mol. The standard InChI is InChI=1S/C48H63N11O7P/c1-32(2)55-67(56-33(3)4,64-27-15-26-49)66-42-41-45(59-44-40(28-51-59)43(52-34(5)58(8)9)53-46(54-44)50-31-57(6)7)65-47(42,29-62-41)30-63-48(35-16-13-12-14-17-35,36-18-22-38(60-10)23-19-36)37-20-24-39(61-11)25-21-37/h12-14,16-25,28,31-33,41-42,45,55-56H,15,27,29-30H2,1-11H3/q+1/b50-31+,52-34+/t41-,42+,45-,47-/m1/s1. The summed E-state index contributed by atoms with van der Waals surface area (Å²) in [5.41, 5.74) is 0.502. The van der Waals surface area contributed by atoms with Gasteiger partial charge in [-0.05, 0) is 75.6 Å². The maximum absolute atomic E-state index is 9.62. The van der Waals surface area contributed by atoms with Gasteiger partial charge < -0.3 is 33.5 Å². The largest absolute Gasteiger partial charge is 0.497 e. The first-order chi connectivity index (χ1) is 32.2. The minimum atomic E-state index is -3.23. The second-order valence-corrected chi connectivity index (χ2v) is 19.6. The molecule has 2 N–H and O–H groups in total. The van der Waals surface area contributed by atoms with Crippen LogP contribution >= 0.6 is 8.02 Å². The molecule has 4 atom stereocenters. The lowest BCUT2D eigenvalue weighted by atomic mass is 9.79. The van der Waals surface area contributed by atoms with Crippen LogP contribution < -0.4 is 19.6 Å². The number of benzene rings is 3. The maximum Gasteiger partial charge on any atom is 0.432 e. The van der Waals surface area contributed by atoms with E-state index in [-0.39, 0.29) is 44.3 Å². The molecule has 3 aromatic carbocycles. The number of amidine groups is 1. The molecular formula is C48H63N11O7P+. The van der Waals surface area contributed by atoms with Crippen LogP contribution in [0.1, 0.15) is 64.0 Å². The highest BCUT2D eigenvalue weighted by Gasteiger charge is 2.69. The molecule has 0 spiro atoms. The topological polar surface area (TPSA) is 187 Å². The van der Waals surface area contributed by atoms with Crippen LogP contribution in [0.3, 0.4) is 0 Å². The van der Waals surface area contributed by atoms with Gasteiger partial charge in [0.1, 0.15) is 35.6 Å². The zero-order chi connectivity index (χ0) is 47.9. The first-order valence-electron chi connectivity index (χ1n) is 22.3. The summed E-state index contributed by atoms with van der Waals surface area (Å²) in [5, 5.41) is 22.3. The van der Waals surface area contributed by atoms with Gasteiger partial charge in [-0.2, -0.15) is 29.4 Å². The minimum absolute atomic E-state index is 0.0384. The van der Waals surface area contributed by atoms with Gasteiger partial charge in [0.05, 0.1) is 57.8 Å². The van der Waals surface area contributed by atoms with Crippen molar-refractivity contribution in [2.75, 3.05) is 62.2 Å². The Kier molecular flexibility index (Phi) is 15.6. The molecule has 2 aliphatic rings. The second-order valence-electron chi connectivity index (χ2n) is 17.5. The summed E-state index contributed by atoms with van der Waals surface area (Å²) < 4.78 is 48.7. The molecule has 67 heavy (non-hydrogen) atoms. The van der Waals surface area contributed by atoms with Gasteiger partial charge in [-0.25, -0.2) is 14.7 Å². The van der Waals surface area contributed by atoms with Crippen molar-refractivity contribution >= 4 is 43.0 Å². The Labute approximate surface area is 393 Å². The Bertz CT molecular complexity index is 2470. The van der Waals surface area contributed by atoms with E-state index in [9.17, 15) is 5.26 Å². The number of ether oxygens (including phenoxy) is 5. The van der Waals surface area contributed by atoms with Gasteiger partial charge in [0.15, 0.2) is 29.4 Å². The van der Waals surface area contributed by atoms with Crippen molar-refractivity contribution < 1.29 is 32.7 Å². The first kappa shape index (κ1) is 49.3. The van der Waals surface area contributed by atoms with Gasteiger partial charge in [-0.1, -0.05) is 54.6 Å². The summed E-state index contributed by atoms with van der Waals surface area (Å²) in [4.78, 5) is 22.8. The van der Waals surface area contributed by atoms with E-state index in [1.54, 1.807) is 36.3 Å². The number of rotatable bonds is 21. The molecule has 18 nitrogen and oxygen atoms in total. The molecule has 2 saturated heterocycles. The number of aromatic nitrogens is 4. The normalized spacial score (nSPS) is 19.8. The Hall–Kier alpha value is -5.61. The Morgan fingerprint density at radius 1 is 0.940 bits per heavy atom. The fraction of sp³-hybridized carbons (Fsp3) is 0.458. The van der Waals surface area contributed by atoms with Gasteiger partial charge in [-0.3, -0.25) is 0 Å². The highest BCUT2D eigenvalue weighted by atomic mass is 31.2.